The molecule has 1 heterocycles. The number of hydrogen-bond acceptors (Lipinski definition) is 3. The summed E-state index contributed by atoms with van der Waals surface area (Å²) >= 11 is 11.9. The summed E-state index contributed by atoms with van der Waals surface area (Å²) in [6.45, 7) is 2.87. The van der Waals surface area contributed by atoms with Gasteiger partial charge in [0.05, 0.1) is 17.9 Å². The predicted octanol–water partition coefficient (Wildman–Crippen LogP) is 4.69. The molecule has 6 heteroatoms. The first kappa shape index (κ1) is 17.8. The van der Waals surface area contributed by atoms with E-state index in [4.69, 9.17) is 27.9 Å². The highest BCUT2D eigenvalue weighted by Gasteiger charge is 2.36. The predicted molar refractivity (Wildman–Crippen MR) is 99.1 cm³/mol. The fourth-order valence-electron chi connectivity index (χ4n) is 2.93. The molecule has 1 aliphatic rings. The van der Waals surface area contributed by atoms with E-state index in [1.807, 2.05) is 13.0 Å². The van der Waals surface area contributed by atoms with Gasteiger partial charge in [0.1, 0.15) is 5.75 Å². The van der Waals surface area contributed by atoms with Gasteiger partial charge in [-0.15, -0.1) is 0 Å². The Hall–Kier alpha value is -2.04. The number of rotatable bonds is 6. The molecule has 0 aromatic heterocycles. The van der Waals surface area contributed by atoms with Crippen LogP contribution in [0.2, 0.25) is 10.0 Å². The first-order valence-corrected chi connectivity index (χ1v) is 8.77. The van der Waals surface area contributed by atoms with E-state index in [0.29, 0.717) is 34.5 Å². The van der Waals surface area contributed by atoms with E-state index < -0.39 is 11.7 Å². The molecule has 2 aromatic carbocycles. The van der Waals surface area contributed by atoms with Crippen molar-refractivity contribution in [2.75, 3.05) is 18.1 Å². The van der Waals surface area contributed by atoms with Crippen molar-refractivity contribution in [1.82, 2.24) is 0 Å². The summed E-state index contributed by atoms with van der Waals surface area (Å²) < 4.78 is 5.63. The maximum atomic E-state index is 12.2. The lowest BCUT2D eigenvalue weighted by atomic mass is 10.1. The second-order valence-corrected chi connectivity index (χ2v) is 6.79. The van der Waals surface area contributed by atoms with Crippen LogP contribution in [-0.2, 0) is 4.79 Å². The normalized spacial score (nSPS) is 13.3. The lowest BCUT2D eigenvalue weighted by Crippen LogP contribution is -2.31. The highest BCUT2D eigenvalue weighted by molar-refractivity contribution is 6.52. The summed E-state index contributed by atoms with van der Waals surface area (Å²) in [7, 11) is 0. The molecule has 2 aromatic rings. The SMILES string of the molecule is Cc1cccc2c1N(CCCCOc1cc(Cl)cc(Cl)c1)C(=O)C2=O. The van der Waals surface area contributed by atoms with E-state index in [0.717, 1.165) is 24.1 Å². The zero-order valence-electron chi connectivity index (χ0n) is 13.7. The van der Waals surface area contributed by atoms with Crippen molar-refractivity contribution in [2.24, 2.45) is 0 Å². The molecule has 130 valence electrons. The number of ether oxygens (including phenoxy) is 1. The number of hydrogen-bond donors (Lipinski definition) is 0. The maximum absolute atomic E-state index is 12.2. The van der Waals surface area contributed by atoms with Crippen LogP contribution in [0.15, 0.2) is 36.4 Å². The maximum Gasteiger partial charge on any atom is 0.299 e. The highest BCUT2D eigenvalue weighted by atomic mass is 35.5. The van der Waals surface area contributed by atoms with Gasteiger partial charge >= 0.3 is 0 Å². The van der Waals surface area contributed by atoms with Crippen LogP contribution in [0.5, 0.6) is 5.75 Å². The molecule has 0 fully saturated rings. The molecular formula is C19H17Cl2NO3. The number of para-hydroxylation sites is 1. The fraction of sp³-hybridized carbons (Fsp3) is 0.263. The minimum Gasteiger partial charge on any atom is -0.493 e. The van der Waals surface area contributed by atoms with Gasteiger partial charge in [0.2, 0.25) is 0 Å². The molecule has 0 unspecified atom stereocenters. The minimum absolute atomic E-state index is 0.427. The third kappa shape index (κ3) is 3.80. The van der Waals surface area contributed by atoms with E-state index in [1.54, 1.807) is 35.2 Å². The number of anilines is 1. The van der Waals surface area contributed by atoms with Crippen LogP contribution in [0.4, 0.5) is 5.69 Å². The van der Waals surface area contributed by atoms with E-state index in [9.17, 15) is 9.59 Å². The molecule has 0 saturated heterocycles. The zero-order chi connectivity index (χ0) is 18.0. The number of fused-ring (bicyclic) bond motifs is 1. The average Bonchev–Trinajstić information content (AvgIpc) is 2.80. The van der Waals surface area contributed by atoms with Gasteiger partial charge in [-0.25, -0.2) is 0 Å². The number of carbonyl (C=O) groups excluding carboxylic acids is 2. The largest absolute Gasteiger partial charge is 0.493 e. The number of nitrogens with zero attached hydrogens (tertiary/aromatic N) is 1. The molecule has 3 rings (SSSR count). The molecule has 1 amide bonds. The Labute approximate surface area is 156 Å². The molecule has 1 aliphatic heterocycles. The van der Waals surface area contributed by atoms with Crippen molar-refractivity contribution in [1.29, 1.82) is 0 Å². The van der Waals surface area contributed by atoms with Gasteiger partial charge in [0.15, 0.2) is 0 Å². The van der Waals surface area contributed by atoms with Crippen LogP contribution in [0, 0.1) is 6.92 Å². The topological polar surface area (TPSA) is 46.6 Å². The number of ketones is 1. The molecule has 25 heavy (non-hydrogen) atoms. The number of amides is 1. The number of carbonyl (C=O) groups is 2. The number of Topliss-reactive ketones (excluding diaryl/α,β-unsaturated/α-hetero) is 1. The lowest BCUT2D eigenvalue weighted by Gasteiger charge is -2.18. The Morgan fingerprint density at radius 2 is 1.76 bits per heavy atom. The van der Waals surface area contributed by atoms with Crippen LogP contribution in [0.25, 0.3) is 0 Å². The lowest BCUT2D eigenvalue weighted by molar-refractivity contribution is -0.114. The van der Waals surface area contributed by atoms with Crippen molar-refractivity contribution in [3.63, 3.8) is 0 Å². The fourth-order valence-corrected chi connectivity index (χ4v) is 3.43. The summed E-state index contributed by atoms with van der Waals surface area (Å²) in [5.41, 5.74) is 2.16. The smallest absolute Gasteiger partial charge is 0.299 e. The van der Waals surface area contributed by atoms with Crippen LogP contribution >= 0.6 is 23.2 Å². The van der Waals surface area contributed by atoms with Gasteiger partial charge in [-0.3, -0.25) is 9.59 Å². The minimum atomic E-state index is -0.452. The van der Waals surface area contributed by atoms with Crippen molar-refractivity contribution in [2.45, 2.75) is 19.8 Å². The van der Waals surface area contributed by atoms with Gasteiger partial charge in [-0.2, -0.15) is 0 Å². The summed E-state index contributed by atoms with van der Waals surface area (Å²) in [6, 6.07) is 10.5. The standard InChI is InChI=1S/C19H17Cl2NO3/c1-12-5-4-6-16-17(12)22(19(24)18(16)23)7-2-3-8-25-15-10-13(20)9-14(21)11-15/h4-6,9-11H,2-3,7-8H2,1H3. The third-order valence-corrected chi connectivity index (χ3v) is 4.51. The third-order valence-electron chi connectivity index (χ3n) is 4.07. The van der Waals surface area contributed by atoms with Crippen molar-refractivity contribution >= 4 is 40.6 Å². The average molecular weight is 378 g/mol. The van der Waals surface area contributed by atoms with Crippen molar-refractivity contribution in [3.05, 3.63) is 57.6 Å². The number of aryl methyl sites for hydroxylation is 1. The molecular weight excluding hydrogens is 361 g/mol. The van der Waals surface area contributed by atoms with E-state index in [-0.39, 0.29) is 0 Å². The molecule has 0 saturated carbocycles. The van der Waals surface area contributed by atoms with Crippen LogP contribution < -0.4 is 9.64 Å². The highest BCUT2D eigenvalue weighted by Crippen LogP contribution is 2.32. The summed E-state index contributed by atoms with van der Waals surface area (Å²) in [5.74, 6) is -0.263. The summed E-state index contributed by atoms with van der Waals surface area (Å²) in [4.78, 5) is 25.8. The molecule has 0 radical (unpaired) electrons. The van der Waals surface area contributed by atoms with Gasteiger partial charge in [-0.1, -0.05) is 35.3 Å². The monoisotopic (exact) mass is 377 g/mol. The van der Waals surface area contributed by atoms with E-state index >= 15 is 0 Å². The Kier molecular flexibility index (Phi) is 5.30. The van der Waals surface area contributed by atoms with Crippen molar-refractivity contribution < 1.29 is 14.3 Å². The first-order chi connectivity index (χ1) is 12.0. The molecule has 0 spiro atoms. The Morgan fingerprint density at radius 3 is 2.48 bits per heavy atom. The van der Waals surface area contributed by atoms with E-state index in [1.165, 1.54) is 0 Å². The zero-order valence-corrected chi connectivity index (χ0v) is 15.2. The van der Waals surface area contributed by atoms with Crippen LogP contribution in [-0.4, -0.2) is 24.8 Å². The quantitative estimate of drug-likeness (QED) is 0.541. The number of halogens is 2. The second-order valence-electron chi connectivity index (χ2n) is 5.92. The Bertz CT molecular complexity index is 815. The van der Waals surface area contributed by atoms with Gasteiger partial charge in [-0.05, 0) is 49.6 Å². The van der Waals surface area contributed by atoms with Gasteiger partial charge in [0, 0.05) is 16.6 Å². The molecule has 0 N–H and O–H groups in total. The Balaban J connectivity index is 1.55. The summed E-state index contributed by atoms with van der Waals surface area (Å²) in [6.07, 6.45) is 1.46. The first-order valence-electron chi connectivity index (χ1n) is 8.02. The van der Waals surface area contributed by atoms with E-state index in [2.05, 4.69) is 0 Å². The molecule has 0 bridgehead atoms. The van der Waals surface area contributed by atoms with Crippen molar-refractivity contribution in [3.8, 4) is 5.75 Å². The Morgan fingerprint density at radius 1 is 1.04 bits per heavy atom. The molecule has 0 atom stereocenters. The summed E-state index contributed by atoms with van der Waals surface area (Å²) in [5, 5.41) is 1.05. The molecule has 4 nitrogen and oxygen atoms in total. The number of unbranched alkanes of at least 4 members (excludes halogenated alkanes) is 1. The number of benzene rings is 2. The van der Waals surface area contributed by atoms with Crippen LogP contribution in [0.3, 0.4) is 0 Å². The van der Waals surface area contributed by atoms with Gasteiger partial charge < -0.3 is 9.64 Å². The van der Waals surface area contributed by atoms with Gasteiger partial charge in [0.25, 0.3) is 11.7 Å². The molecule has 0 aliphatic carbocycles. The second kappa shape index (κ2) is 7.46. The van der Waals surface area contributed by atoms with Crippen LogP contribution in [0.1, 0.15) is 28.8 Å².